The Hall–Kier alpha value is -2.51. The number of benzene rings is 1. The molecule has 2 aromatic rings. The van der Waals surface area contributed by atoms with Crippen LogP contribution in [0.15, 0.2) is 42.7 Å². The summed E-state index contributed by atoms with van der Waals surface area (Å²) in [6.45, 7) is 7.83. The van der Waals surface area contributed by atoms with E-state index >= 15 is 0 Å². The highest BCUT2D eigenvalue weighted by atomic mass is 16.5. The van der Waals surface area contributed by atoms with Crippen LogP contribution in [0.2, 0.25) is 0 Å². The molecule has 2 fully saturated rings. The Morgan fingerprint density at radius 3 is 2.69 bits per heavy atom. The number of anilines is 2. The molecule has 2 saturated heterocycles. The zero-order valence-electron chi connectivity index (χ0n) is 17.1. The van der Waals surface area contributed by atoms with E-state index in [-0.39, 0.29) is 24.2 Å². The van der Waals surface area contributed by atoms with Crippen molar-refractivity contribution in [3.8, 4) is 0 Å². The fraction of sp³-hybridized carbons (Fsp3) is 0.500. The van der Waals surface area contributed by atoms with E-state index in [0.29, 0.717) is 11.5 Å². The summed E-state index contributed by atoms with van der Waals surface area (Å²) in [6.07, 6.45) is 5.97. The Bertz CT molecular complexity index is 821. The van der Waals surface area contributed by atoms with Crippen LogP contribution in [0.5, 0.6) is 0 Å². The van der Waals surface area contributed by atoms with Crippen LogP contribution in [0.4, 0.5) is 11.6 Å². The van der Waals surface area contributed by atoms with Crippen LogP contribution >= 0.6 is 0 Å². The number of likely N-dealkylation sites (tertiary alicyclic amines) is 1. The van der Waals surface area contributed by atoms with Crippen molar-refractivity contribution in [1.82, 2.24) is 19.8 Å². The molecule has 29 heavy (non-hydrogen) atoms. The monoisotopic (exact) mass is 395 g/mol. The smallest absolute Gasteiger partial charge is 0.254 e. The number of carbonyl (C=O) groups excluding carboxylic acids is 1. The van der Waals surface area contributed by atoms with Crippen LogP contribution < -0.4 is 5.32 Å². The van der Waals surface area contributed by atoms with Crippen LogP contribution in [-0.4, -0.2) is 70.1 Å². The summed E-state index contributed by atoms with van der Waals surface area (Å²) in [5.41, 5.74) is 1.51. The predicted octanol–water partition coefficient (Wildman–Crippen LogP) is 2.93. The largest absolute Gasteiger partial charge is 0.373 e. The van der Waals surface area contributed by atoms with Crippen molar-refractivity contribution in [2.45, 2.75) is 44.9 Å². The number of nitrogens with zero attached hydrogens (tertiary/aromatic N) is 4. The van der Waals surface area contributed by atoms with Crippen molar-refractivity contribution in [1.29, 1.82) is 0 Å². The van der Waals surface area contributed by atoms with E-state index in [1.165, 1.54) is 0 Å². The lowest BCUT2D eigenvalue weighted by molar-refractivity contribution is -0.0715. The SMILES string of the molecule is C[C@@H]1CN(C[C@@H]2CCCN2C(=O)c2cccc(Nc3ncccn3)c2)C[C@H](C)O1. The zero-order valence-corrected chi connectivity index (χ0v) is 17.1. The van der Waals surface area contributed by atoms with Crippen LogP contribution in [0.1, 0.15) is 37.0 Å². The molecular weight excluding hydrogens is 366 g/mol. The van der Waals surface area contributed by atoms with Gasteiger partial charge in [0.2, 0.25) is 5.95 Å². The van der Waals surface area contributed by atoms with Crippen LogP contribution in [0.3, 0.4) is 0 Å². The minimum Gasteiger partial charge on any atom is -0.373 e. The second kappa shape index (κ2) is 8.88. The number of carbonyl (C=O) groups is 1. The maximum absolute atomic E-state index is 13.3. The highest BCUT2D eigenvalue weighted by Crippen LogP contribution is 2.24. The maximum Gasteiger partial charge on any atom is 0.254 e. The molecule has 1 N–H and O–H groups in total. The number of morpholine rings is 1. The molecule has 3 atom stereocenters. The molecule has 0 aliphatic carbocycles. The fourth-order valence-corrected chi connectivity index (χ4v) is 4.41. The van der Waals surface area contributed by atoms with Gasteiger partial charge in [0.15, 0.2) is 0 Å². The van der Waals surface area contributed by atoms with Crippen molar-refractivity contribution in [2.75, 3.05) is 31.5 Å². The molecule has 2 aliphatic heterocycles. The maximum atomic E-state index is 13.3. The third-order valence-electron chi connectivity index (χ3n) is 5.53. The van der Waals surface area contributed by atoms with Crippen LogP contribution in [-0.2, 0) is 4.74 Å². The molecule has 1 aromatic heterocycles. The summed E-state index contributed by atoms with van der Waals surface area (Å²) < 4.78 is 5.85. The molecule has 3 heterocycles. The second-order valence-electron chi connectivity index (χ2n) is 8.05. The first-order valence-corrected chi connectivity index (χ1v) is 10.4. The minimum atomic E-state index is 0.0967. The topological polar surface area (TPSA) is 70.6 Å². The normalized spacial score (nSPS) is 25.2. The molecule has 0 radical (unpaired) electrons. The summed E-state index contributed by atoms with van der Waals surface area (Å²) in [5.74, 6) is 0.617. The van der Waals surface area contributed by atoms with E-state index in [0.717, 1.165) is 44.7 Å². The molecule has 0 spiro atoms. The quantitative estimate of drug-likeness (QED) is 0.839. The van der Waals surface area contributed by atoms with E-state index in [1.807, 2.05) is 29.2 Å². The molecule has 154 valence electrons. The lowest BCUT2D eigenvalue weighted by Gasteiger charge is -2.38. The van der Waals surface area contributed by atoms with Crippen molar-refractivity contribution in [2.24, 2.45) is 0 Å². The number of amides is 1. The van der Waals surface area contributed by atoms with Gasteiger partial charge in [-0.15, -0.1) is 0 Å². The van der Waals surface area contributed by atoms with E-state index < -0.39 is 0 Å². The Kier molecular flexibility index (Phi) is 6.06. The third-order valence-corrected chi connectivity index (χ3v) is 5.53. The van der Waals surface area contributed by atoms with Gasteiger partial charge in [-0.05, 0) is 51.0 Å². The van der Waals surface area contributed by atoms with Gasteiger partial charge in [0.1, 0.15) is 0 Å². The summed E-state index contributed by atoms with van der Waals surface area (Å²) >= 11 is 0. The number of ether oxygens (including phenoxy) is 1. The number of nitrogens with one attached hydrogen (secondary N) is 1. The van der Waals surface area contributed by atoms with Crippen LogP contribution in [0.25, 0.3) is 0 Å². The van der Waals surface area contributed by atoms with Gasteiger partial charge >= 0.3 is 0 Å². The van der Waals surface area contributed by atoms with Gasteiger partial charge in [-0.25, -0.2) is 9.97 Å². The summed E-state index contributed by atoms with van der Waals surface area (Å²) in [7, 11) is 0. The molecule has 4 rings (SSSR count). The number of aromatic nitrogens is 2. The Morgan fingerprint density at radius 1 is 1.17 bits per heavy atom. The molecule has 2 aliphatic rings. The summed E-state index contributed by atoms with van der Waals surface area (Å²) in [4.78, 5) is 26.1. The van der Waals surface area contributed by atoms with Crippen LogP contribution in [0, 0.1) is 0 Å². The first kappa shape index (κ1) is 19.8. The molecule has 7 heteroatoms. The zero-order chi connectivity index (χ0) is 20.2. The van der Waals surface area contributed by atoms with Gasteiger partial charge < -0.3 is 15.0 Å². The number of rotatable bonds is 5. The molecule has 1 aromatic carbocycles. The highest BCUT2D eigenvalue weighted by molar-refractivity contribution is 5.95. The Labute approximate surface area is 172 Å². The fourth-order valence-electron chi connectivity index (χ4n) is 4.41. The number of hydrogen-bond donors (Lipinski definition) is 1. The third kappa shape index (κ3) is 4.92. The van der Waals surface area contributed by atoms with Gasteiger partial charge in [0, 0.05) is 55.9 Å². The standard InChI is InChI=1S/C22H29N5O2/c1-16-13-26(14-17(2)29-16)15-20-8-4-11-27(20)21(28)18-6-3-7-19(12-18)25-22-23-9-5-10-24-22/h3,5-7,9-10,12,16-17,20H,4,8,11,13-15H2,1-2H3,(H,23,24,25)/t16-,17+,20-/m0/s1. The van der Waals surface area contributed by atoms with Crippen molar-refractivity contribution < 1.29 is 9.53 Å². The van der Waals surface area contributed by atoms with E-state index in [2.05, 4.69) is 34.0 Å². The molecule has 0 unspecified atom stereocenters. The average molecular weight is 396 g/mol. The molecule has 0 saturated carbocycles. The summed E-state index contributed by atoms with van der Waals surface area (Å²) in [6, 6.07) is 9.61. The van der Waals surface area contributed by atoms with E-state index in [1.54, 1.807) is 18.5 Å². The molecule has 7 nitrogen and oxygen atoms in total. The molecule has 0 bridgehead atoms. The first-order chi connectivity index (χ1) is 14.1. The van der Waals surface area contributed by atoms with Gasteiger partial charge in [-0.3, -0.25) is 9.69 Å². The van der Waals surface area contributed by atoms with Gasteiger partial charge in [0.25, 0.3) is 5.91 Å². The number of hydrogen-bond acceptors (Lipinski definition) is 6. The lowest BCUT2D eigenvalue weighted by Crippen LogP contribution is -2.50. The summed E-state index contributed by atoms with van der Waals surface area (Å²) in [5, 5.41) is 3.16. The first-order valence-electron chi connectivity index (χ1n) is 10.4. The van der Waals surface area contributed by atoms with Gasteiger partial charge in [-0.2, -0.15) is 0 Å². The molecular formula is C22H29N5O2. The Morgan fingerprint density at radius 2 is 1.93 bits per heavy atom. The van der Waals surface area contributed by atoms with Gasteiger partial charge in [-0.1, -0.05) is 6.07 Å². The highest BCUT2D eigenvalue weighted by Gasteiger charge is 2.32. The second-order valence-corrected chi connectivity index (χ2v) is 8.05. The lowest BCUT2D eigenvalue weighted by atomic mass is 10.1. The average Bonchev–Trinajstić information content (AvgIpc) is 3.15. The van der Waals surface area contributed by atoms with Crippen molar-refractivity contribution in [3.05, 3.63) is 48.3 Å². The predicted molar refractivity (Wildman–Crippen MR) is 112 cm³/mol. The van der Waals surface area contributed by atoms with Crippen molar-refractivity contribution in [3.63, 3.8) is 0 Å². The van der Waals surface area contributed by atoms with E-state index in [9.17, 15) is 4.79 Å². The van der Waals surface area contributed by atoms with Crippen molar-refractivity contribution >= 4 is 17.5 Å². The minimum absolute atomic E-state index is 0.0967. The van der Waals surface area contributed by atoms with Gasteiger partial charge in [0.05, 0.1) is 12.2 Å². The molecule has 1 amide bonds. The Balaban J connectivity index is 1.43. The van der Waals surface area contributed by atoms with E-state index in [4.69, 9.17) is 4.74 Å².